The maximum atomic E-state index is 8.81. The zero-order chi connectivity index (χ0) is 12.3. The summed E-state index contributed by atoms with van der Waals surface area (Å²) in [7, 11) is 1.95. The first-order valence-corrected chi connectivity index (χ1v) is 6.41. The molecule has 0 unspecified atom stereocenters. The molecule has 17 heavy (non-hydrogen) atoms. The van der Waals surface area contributed by atoms with E-state index in [0.29, 0.717) is 5.75 Å². The van der Waals surface area contributed by atoms with Crippen LogP contribution in [0.15, 0.2) is 29.4 Å². The molecule has 0 aliphatic heterocycles. The van der Waals surface area contributed by atoms with Gasteiger partial charge in [0.1, 0.15) is 0 Å². The van der Waals surface area contributed by atoms with Gasteiger partial charge in [-0.25, -0.2) is 0 Å². The lowest BCUT2D eigenvalue weighted by Crippen LogP contribution is -1.97. The molecule has 1 aromatic heterocycles. The topological polar surface area (TPSA) is 50.9 Å². The van der Waals surface area contributed by atoms with Crippen LogP contribution in [0.4, 0.5) is 0 Å². The first kappa shape index (κ1) is 12.1. The summed E-state index contributed by atoms with van der Waals surface area (Å²) < 4.78 is 1.96. The molecule has 4 nitrogen and oxygen atoms in total. The predicted molar refractivity (Wildman–Crippen MR) is 69.0 cm³/mol. The molecule has 90 valence electrons. The molecule has 0 fully saturated rings. The number of thioether (sulfide) groups is 1. The fraction of sp³-hybridized carbons (Fsp3) is 0.333. The van der Waals surface area contributed by atoms with Gasteiger partial charge in [-0.2, -0.15) is 0 Å². The first-order chi connectivity index (χ1) is 8.24. The van der Waals surface area contributed by atoms with Gasteiger partial charge in [0.2, 0.25) is 0 Å². The van der Waals surface area contributed by atoms with Gasteiger partial charge in [0.25, 0.3) is 0 Å². The van der Waals surface area contributed by atoms with Crippen molar-refractivity contribution in [1.29, 1.82) is 0 Å². The number of hydrogen-bond donors (Lipinski definition) is 1. The van der Waals surface area contributed by atoms with Gasteiger partial charge in [-0.15, -0.1) is 10.2 Å². The van der Waals surface area contributed by atoms with E-state index >= 15 is 0 Å². The van der Waals surface area contributed by atoms with E-state index in [2.05, 4.69) is 23.2 Å². The van der Waals surface area contributed by atoms with Crippen LogP contribution in [0.2, 0.25) is 0 Å². The molecule has 0 spiro atoms. The Morgan fingerprint density at radius 3 is 2.76 bits per heavy atom. The molecule has 0 bridgehead atoms. The van der Waals surface area contributed by atoms with E-state index in [0.717, 1.165) is 16.5 Å². The van der Waals surface area contributed by atoms with Crippen LogP contribution >= 0.6 is 11.8 Å². The van der Waals surface area contributed by atoms with Crippen molar-refractivity contribution in [2.75, 3.05) is 12.4 Å². The minimum absolute atomic E-state index is 0.150. The Balaban J connectivity index is 2.34. The number of nitrogens with zero attached hydrogens (tertiary/aromatic N) is 3. The maximum Gasteiger partial charge on any atom is 0.191 e. The van der Waals surface area contributed by atoms with Crippen molar-refractivity contribution >= 4 is 11.8 Å². The van der Waals surface area contributed by atoms with E-state index < -0.39 is 0 Å². The summed E-state index contributed by atoms with van der Waals surface area (Å²) in [5.41, 5.74) is 2.28. The van der Waals surface area contributed by atoms with Crippen LogP contribution in [0.1, 0.15) is 5.56 Å². The Morgan fingerprint density at radius 1 is 1.29 bits per heavy atom. The molecule has 0 saturated heterocycles. The van der Waals surface area contributed by atoms with E-state index in [1.807, 2.05) is 29.8 Å². The molecule has 0 aliphatic rings. The zero-order valence-electron chi connectivity index (χ0n) is 9.92. The van der Waals surface area contributed by atoms with Crippen molar-refractivity contribution in [2.45, 2.75) is 12.1 Å². The Labute approximate surface area is 105 Å². The summed E-state index contributed by atoms with van der Waals surface area (Å²) in [4.78, 5) is 0. The number of aliphatic hydroxyl groups excluding tert-OH is 1. The van der Waals surface area contributed by atoms with Crippen molar-refractivity contribution in [3.8, 4) is 11.4 Å². The van der Waals surface area contributed by atoms with E-state index in [-0.39, 0.29) is 6.61 Å². The predicted octanol–water partition coefficient (Wildman–Crippen LogP) is 1.87. The Morgan fingerprint density at radius 2 is 2.06 bits per heavy atom. The van der Waals surface area contributed by atoms with E-state index in [1.165, 1.54) is 17.3 Å². The van der Waals surface area contributed by atoms with Crippen LogP contribution in [0.5, 0.6) is 0 Å². The average Bonchev–Trinajstić information content (AvgIpc) is 2.69. The van der Waals surface area contributed by atoms with Crippen LogP contribution < -0.4 is 0 Å². The number of aliphatic hydroxyl groups is 1. The fourth-order valence-corrected chi connectivity index (χ4v) is 2.29. The standard InChI is InChI=1S/C12H15N3OS/c1-9-5-3-4-6-10(9)11-13-14-12(15(11)2)17-8-7-16/h3-6,16H,7-8H2,1-2H3. The highest BCUT2D eigenvalue weighted by Crippen LogP contribution is 2.24. The highest BCUT2D eigenvalue weighted by Gasteiger charge is 2.12. The van der Waals surface area contributed by atoms with Crippen LogP contribution in [0.3, 0.4) is 0 Å². The lowest BCUT2D eigenvalue weighted by atomic mass is 10.1. The second-order valence-corrected chi connectivity index (χ2v) is 4.81. The second-order valence-electron chi connectivity index (χ2n) is 3.75. The van der Waals surface area contributed by atoms with E-state index in [1.54, 1.807) is 0 Å². The Hall–Kier alpha value is -1.33. The van der Waals surface area contributed by atoms with Crippen LogP contribution in [0, 0.1) is 6.92 Å². The summed E-state index contributed by atoms with van der Waals surface area (Å²) in [6.45, 7) is 2.21. The van der Waals surface area contributed by atoms with Crippen molar-refractivity contribution < 1.29 is 5.11 Å². The highest BCUT2D eigenvalue weighted by molar-refractivity contribution is 7.99. The molecule has 5 heteroatoms. The summed E-state index contributed by atoms with van der Waals surface area (Å²) in [5.74, 6) is 1.50. The van der Waals surface area contributed by atoms with Gasteiger partial charge < -0.3 is 9.67 Å². The smallest absolute Gasteiger partial charge is 0.191 e. The highest BCUT2D eigenvalue weighted by atomic mass is 32.2. The SMILES string of the molecule is Cc1ccccc1-c1nnc(SCCO)n1C. The molecular weight excluding hydrogens is 234 g/mol. The Kier molecular flexibility index (Phi) is 3.81. The molecule has 1 N–H and O–H groups in total. The van der Waals surface area contributed by atoms with Crippen molar-refractivity contribution in [3.63, 3.8) is 0 Å². The number of aryl methyl sites for hydroxylation is 1. The van der Waals surface area contributed by atoms with Crippen molar-refractivity contribution in [3.05, 3.63) is 29.8 Å². The maximum absolute atomic E-state index is 8.81. The molecule has 1 heterocycles. The number of rotatable bonds is 4. The number of benzene rings is 1. The fourth-order valence-electron chi connectivity index (χ4n) is 1.64. The minimum atomic E-state index is 0.150. The van der Waals surface area contributed by atoms with E-state index in [4.69, 9.17) is 5.11 Å². The lowest BCUT2D eigenvalue weighted by Gasteiger charge is -2.05. The van der Waals surface area contributed by atoms with Gasteiger partial charge in [-0.05, 0) is 12.5 Å². The number of aromatic nitrogens is 3. The quantitative estimate of drug-likeness (QED) is 0.841. The third kappa shape index (κ3) is 2.50. The van der Waals surface area contributed by atoms with E-state index in [9.17, 15) is 0 Å². The molecule has 0 atom stereocenters. The van der Waals surface area contributed by atoms with Crippen LogP contribution in [-0.2, 0) is 7.05 Å². The number of hydrogen-bond acceptors (Lipinski definition) is 4. The molecule has 2 rings (SSSR count). The van der Waals surface area contributed by atoms with Crippen molar-refractivity contribution in [2.24, 2.45) is 7.05 Å². The van der Waals surface area contributed by atoms with Gasteiger partial charge >= 0.3 is 0 Å². The minimum Gasteiger partial charge on any atom is -0.396 e. The molecular formula is C12H15N3OS. The normalized spacial score (nSPS) is 10.8. The molecule has 1 aromatic carbocycles. The van der Waals surface area contributed by atoms with Crippen molar-refractivity contribution in [1.82, 2.24) is 14.8 Å². The third-order valence-electron chi connectivity index (χ3n) is 2.54. The molecule has 0 saturated carbocycles. The summed E-state index contributed by atoms with van der Waals surface area (Å²) >= 11 is 1.51. The van der Waals surface area contributed by atoms with Crippen LogP contribution in [-0.4, -0.2) is 32.2 Å². The average molecular weight is 249 g/mol. The van der Waals surface area contributed by atoms with Gasteiger partial charge in [-0.3, -0.25) is 0 Å². The molecule has 0 aliphatic carbocycles. The summed E-state index contributed by atoms with van der Waals surface area (Å²) in [5, 5.41) is 18.0. The van der Waals surface area contributed by atoms with Crippen LogP contribution in [0.25, 0.3) is 11.4 Å². The molecule has 0 radical (unpaired) electrons. The lowest BCUT2D eigenvalue weighted by molar-refractivity contribution is 0.322. The third-order valence-corrected chi connectivity index (χ3v) is 3.54. The second kappa shape index (κ2) is 5.33. The van der Waals surface area contributed by atoms with Gasteiger partial charge in [0, 0.05) is 18.4 Å². The summed E-state index contributed by atoms with van der Waals surface area (Å²) in [6, 6.07) is 8.11. The van der Waals surface area contributed by atoms with Gasteiger partial charge in [0.05, 0.1) is 6.61 Å². The van der Waals surface area contributed by atoms with Gasteiger partial charge in [0.15, 0.2) is 11.0 Å². The largest absolute Gasteiger partial charge is 0.396 e. The molecule has 0 amide bonds. The first-order valence-electron chi connectivity index (χ1n) is 5.43. The summed E-state index contributed by atoms with van der Waals surface area (Å²) in [6.07, 6.45) is 0. The zero-order valence-corrected chi connectivity index (χ0v) is 10.7. The monoisotopic (exact) mass is 249 g/mol. The Bertz CT molecular complexity index is 510. The van der Waals surface area contributed by atoms with Gasteiger partial charge in [-0.1, -0.05) is 36.0 Å². The molecule has 2 aromatic rings.